The number of rotatable bonds is 6. The topological polar surface area (TPSA) is 192 Å². The SMILES string of the molecule is C[C@@H]1CC/C=C\[C@@H]2C[C@@]2(C(=O)NS(=O)(=O)C2CC2)NC(=O)[C@@H]2C[C@@H](Oc3nccc4c5c(ccc34)OCCO5)CN2C(=O)[C@@H](NC(=O)OC(C)(C)C)[C@H](C)C1.[HH].[HH].[HH]. The van der Waals surface area contributed by atoms with Gasteiger partial charge in [0.05, 0.1) is 11.8 Å². The fourth-order valence-electron chi connectivity index (χ4n) is 7.92. The van der Waals surface area contributed by atoms with Crippen LogP contribution in [-0.2, 0) is 29.1 Å². The third kappa shape index (κ3) is 8.33. The number of nitrogens with zero attached hydrogens (tertiary/aromatic N) is 2. The molecule has 4 amide bonds. The number of amides is 4. The monoisotopic (exact) mass is 787 g/mol. The van der Waals surface area contributed by atoms with E-state index in [1.54, 1.807) is 39.1 Å². The second-order valence-electron chi connectivity index (χ2n) is 16.7. The van der Waals surface area contributed by atoms with Gasteiger partial charge in [0.25, 0.3) is 5.91 Å². The van der Waals surface area contributed by atoms with Crippen LogP contribution >= 0.6 is 0 Å². The molecule has 0 bridgehead atoms. The lowest BCUT2D eigenvalue weighted by molar-refractivity contribution is -0.142. The molecule has 2 saturated carbocycles. The Balaban J connectivity index is 0.00000248. The molecule has 1 saturated heterocycles. The summed E-state index contributed by atoms with van der Waals surface area (Å²) in [6, 6.07) is 3.21. The average molecular weight is 788 g/mol. The van der Waals surface area contributed by atoms with E-state index in [1.807, 2.05) is 25.1 Å². The first-order chi connectivity index (χ1) is 26.0. The molecule has 304 valence electrons. The molecule has 3 aliphatic heterocycles. The van der Waals surface area contributed by atoms with Crippen LogP contribution in [0.2, 0.25) is 0 Å². The molecule has 15 nitrogen and oxygen atoms in total. The van der Waals surface area contributed by atoms with Crippen LogP contribution in [0.25, 0.3) is 10.8 Å². The van der Waals surface area contributed by atoms with Gasteiger partial charge in [-0.1, -0.05) is 26.0 Å². The van der Waals surface area contributed by atoms with Crippen molar-refractivity contribution in [1.29, 1.82) is 0 Å². The summed E-state index contributed by atoms with van der Waals surface area (Å²) in [4.78, 5) is 62.1. The van der Waals surface area contributed by atoms with E-state index < -0.39 is 74.3 Å². The number of hydrogen-bond acceptors (Lipinski definition) is 11. The maximum absolute atomic E-state index is 14.8. The molecule has 7 atom stereocenters. The van der Waals surface area contributed by atoms with E-state index in [0.29, 0.717) is 55.8 Å². The summed E-state index contributed by atoms with van der Waals surface area (Å²) in [6.07, 6.45) is 7.13. The highest BCUT2D eigenvalue weighted by Crippen LogP contribution is 2.46. The Kier molecular flexibility index (Phi) is 10.4. The maximum Gasteiger partial charge on any atom is 0.408 e. The first-order valence-corrected chi connectivity index (χ1v) is 20.8. The van der Waals surface area contributed by atoms with Gasteiger partial charge in [0.2, 0.25) is 27.7 Å². The highest BCUT2D eigenvalue weighted by molar-refractivity contribution is 7.91. The molecular weight excluding hydrogens is 731 g/mol. The lowest BCUT2D eigenvalue weighted by Crippen LogP contribution is -2.59. The molecule has 0 spiro atoms. The third-order valence-corrected chi connectivity index (χ3v) is 12.8. The van der Waals surface area contributed by atoms with Gasteiger partial charge in [-0.2, -0.15) is 0 Å². The minimum absolute atomic E-state index is 0. The van der Waals surface area contributed by atoms with Crippen molar-refractivity contribution >= 4 is 44.6 Å². The van der Waals surface area contributed by atoms with Crippen molar-refractivity contribution in [3.05, 3.63) is 36.5 Å². The highest BCUT2D eigenvalue weighted by atomic mass is 32.2. The molecule has 1 aromatic heterocycles. The van der Waals surface area contributed by atoms with E-state index in [-0.39, 0.29) is 41.4 Å². The predicted octanol–water partition coefficient (Wildman–Crippen LogP) is 4.48. The van der Waals surface area contributed by atoms with Gasteiger partial charge in [-0.25, -0.2) is 18.2 Å². The van der Waals surface area contributed by atoms with Gasteiger partial charge in [-0.3, -0.25) is 19.1 Å². The summed E-state index contributed by atoms with van der Waals surface area (Å²) < 4.78 is 51.7. The number of sulfonamides is 1. The lowest BCUT2D eigenvalue weighted by Gasteiger charge is -2.33. The summed E-state index contributed by atoms with van der Waals surface area (Å²) in [5, 5.41) is 6.45. The summed E-state index contributed by atoms with van der Waals surface area (Å²) >= 11 is 0. The first kappa shape index (κ1) is 38.7. The predicted molar refractivity (Wildman–Crippen MR) is 207 cm³/mol. The number of fused-ring (bicyclic) bond motifs is 5. The van der Waals surface area contributed by atoms with E-state index >= 15 is 0 Å². The number of pyridine rings is 1. The van der Waals surface area contributed by atoms with Gasteiger partial charge in [0.15, 0.2) is 11.5 Å². The average Bonchev–Trinajstić information content (AvgIpc) is 4.05. The van der Waals surface area contributed by atoms with Gasteiger partial charge < -0.3 is 34.5 Å². The number of benzene rings is 1. The highest BCUT2D eigenvalue weighted by Gasteiger charge is 2.62. The second-order valence-corrected chi connectivity index (χ2v) is 18.6. The molecule has 5 aliphatic rings. The molecule has 2 aliphatic carbocycles. The van der Waals surface area contributed by atoms with Crippen LogP contribution in [0.3, 0.4) is 0 Å². The quantitative estimate of drug-likeness (QED) is 0.350. The zero-order chi connectivity index (χ0) is 39.3. The van der Waals surface area contributed by atoms with Crippen molar-refractivity contribution in [2.75, 3.05) is 19.8 Å². The van der Waals surface area contributed by atoms with Crippen LogP contribution in [0.1, 0.15) is 83.8 Å². The van der Waals surface area contributed by atoms with Crippen molar-refractivity contribution in [2.24, 2.45) is 17.8 Å². The van der Waals surface area contributed by atoms with Gasteiger partial charge in [-0.05, 0) is 89.3 Å². The van der Waals surface area contributed by atoms with E-state index in [1.165, 1.54) is 4.90 Å². The molecule has 0 unspecified atom stereocenters. The minimum Gasteiger partial charge on any atom is -0.486 e. The number of ether oxygens (including phenoxy) is 4. The Morgan fingerprint density at radius 1 is 1.05 bits per heavy atom. The molecule has 3 fully saturated rings. The molecule has 16 heteroatoms. The van der Waals surface area contributed by atoms with Crippen LogP contribution in [-0.4, -0.2) is 96.5 Å². The van der Waals surface area contributed by atoms with Crippen LogP contribution in [0.5, 0.6) is 17.4 Å². The second kappa shape index (κ2) is 14.8. The normalized spacial score (nSPS) is 30.5. The number of alkyl carbamates (subject to hydrolysis) is 1. The van der Waals surface area contributed by atoms with Crippen LogP contribution in [0.4, 0.5) is 4.79 Å². The Labute approximate surface area is 325 Å². The molecule has 0 radical (unpaired) electrons. The van der Waals surface area contributed by atoms with E-state index in [4.69, 9.17) is 18.9 Å². The zero-order valence-electron chi connectivity index (χ0n) is 32.0. The molecule has 2 aromatic rings. The fraction of sp³-hybridized carbons (Fsp3) is 0.615. The number of carbonyl (C=O) groups is 4. The smallest absolute Gasteiger partial charge is 0.408 e. The number of aromatic nitrogens is 1. The molecule has 55 heavy (non-hydrogen) atoms. The third-order valence-electron chi connectivity index (χ3n) is 11.0. The van der Waals surface area contributed by atoms with Gasteiger partial charge in [-0.15, -0.1) is 0 Å². The fourth-order valence-corrected chi connectivity index (χ4v) is 9.29. The van der Waals surface area contributed by atoms with Crippen molar-refractivity contribution in [1.82, 2.24) is 25.2 Å². The van der Waals surface area contributed by atoms with E-state index in [0.717, 1.165) is 11.8 Å². The van der Waals surface area contributed by atoms with Crippen molar-refractivity contribution in [3.8, 4) is 17.4 Å². The van der Waals surface area contributed by atoms with Crippen LogP contribution < -0.4 is 29.6 Å². The number of hydrogen-bond donors (Lipinski definition) is 3. The Hall–Kier alpha value is -4.60. The van der Waals surface area contributed by atoms with E-state index in [2.05, 4.69) is 27.3 Å². The lowest BCUT2D eigenvalue weighted by atomic mass is 9.88. The maximum atomic E-state index is 14.8. The van der Waals surface area contributed by atoms with E-state index in [9.17, 15) is 27.6 Å². The van der Waals surface area contributed by atoms with Gasteiger partial charge >= 0.3 is 6.09 Å². The number of allylic oxidation sites excluding steroid dienone is 1. The summed E-state index contributed by atoms with van der Waals surface area (Å²) in [5.74, 6) is -1.12. The van der Waals surface area contributed by atoms with Gasteiger partial charge in [0, 0.05) is 33.6 Å². The summed E-state index contributed by atoms with van der Waals surface area (Å²) in [7, 11) is -3.90. The molecule has 1 aromatic carbocycles. The standard InChI is InChI=1S/C39H51N5O10S.3H2/c1-22-8-6-7-9-24-20-39(24,36(47)43-55(49,50)26-10-11-26)42-33(45)29-19-25(21-44(29)35(46)31(23(2)18-22)41-37(48)54-38(3,4)5)53-34-28-12-13-30-32(52-17-16-51-30)27(28)14-15-40-34;;;/h7,9,12-15,22-26,29,31H,6,8,10-11,16-21H2,1-5H3,(H,41,48)(H,42,45)(H,43,47);3*1H/b9-7-;;;/t22-,23-,24-,25-,29+,31+,39-;;;/m1.../s1. The summed E-state index contributed by atoms with van der Waals surface area (Å²) in [5.41, 5.74) is -2.34. The summed E-state index contributed by atoms with van der Waals surface area (Å²) in [6.45, 7) is 9.95. The minimum atomic E-state index is -3.90. The molecular formula is C39H57N5O10S. The Morgan fingerprint density at radius 2 is 1.82 bits per heavy atom. The largest absolute Gasteiger partial charge is 0.486 e. The molecule has 3 N–H and O–H groups in total. The Morgan fingerprint density at radius 3 is 2.56 bits per heavy atom. The van der Waals surface area contributed by atoms with Gasteiger partial charge in [0.1, 0.15) is 42.5 Å². The van der Waals surface area contributed by atoms with Crippen LogP contribution in [0.15, 0.2) is 36.5 Å². The van der Waals surface area contributed by atoms with Crippen LogP contribution in [0, 0.1) is 17.8 Å². The number of carbonyl (C=O) groups excluding carboxylic acids is 4. The zero-order valence-corrected chi connectivity index (χ0v) is 32.8. The van der Waals surface area contributed by atoms with Crippen molar-refractivity contribution in [3.63, 3.8) is 0 Å². The first-order valence-electron chi connectivity index (χ1n) is 19.2. The Bertz CT molecular complexity index is 2010. The molecule has 7 rings (SSSR count). The number of nitrogens with one attached hydrogen (secondary N) is 3. The molecule has 4 heterocycles. The van der Waals surface area contributed by atoms with Crippen molar-refractivity contribution < 1.29 is 50.8 Å². The van der Waals surface area contributed by atoms with Crippen molar-refractivity contribution in [2.45, 2.75) is 114 Å².